The van der Waals surface area contributed by atoms with Crippen molar-refractivity contribution < 1.29 is 4.79 Å². The number of amides is 1. The highest BCUT2D eigenvalue weighted by atomic mass is 32.2. The van der Waals surface area contributed by atoms with Crippen LogP contribution in [0.4, 0.5) is 5.69 Å². The Balaban J connectivity index is 1.62. The second kappa shape index (κ2) is 7.79. The van der Waals surface area contributed by atoms with Crippen molar-refractivity contribution in [1.29, 1.82) is 0 Å². The van der Waals surface area contributed by atoms with Gasteiger partial charge >= 0.3 is 0 Å². The number of aryl methyl sites for hydroxylation is 1. The van der Waals surface area contributed by atoms with Gasteiger partial charge in [0.2, 0.25) is 5.91 Å². The van der Waals surface area contributed by atoms with Crippen molar-refractivity contribution in [2.24, 2.45) is 0 Å². The van der Waals surface area contributed by atoms with Crippen LogP contribution < -0.4 is 5.32 Å². The smallest absolute Gasteiger partial charge is 0.234 e. The van der Waals surface area contributed by atoms with Crippen LogP contribution in [0.15, 0.2) is 66.1 Å². The third kappa shape index (κ3) is 4.02. The Bertz CT molecular complexity index is 817. The van der Waals surface area contributed by atoms with E-state index in [0.29, 0.717) is 5.16 Å². The van der Waals surface area contributed by atoms with E-state index in [4.69, 9.17) is 0 Å². The molecule has 3 aromatic rings. The molecule has 1 heterocycles. The highest BCUT2D eigenvalue weighted by Gasteiger charge is 2.10. The van der Waals surface area contributed by atoms with Gasteiger partial charge in [-0.2, -0.15) is 5.10 Å². The molecule has 1 amide bonds. The van der Waals surface area contributed by atoms with Crippen molar-refractivity contribution in [3.05, 3.63) is 66.5 Å². The Morgan fingerprint density at radius 2 is 2.00 bits per heavy atom. The second-order valence-corrected chi connectivity index (χ2v) is 6.12. The largest absolute Gasteiger partial charge is 0.325 e. The molecule has 0 aliphatic heterocycles. The number of nitrogens with one attached hydrogen (secondary N) is 1. The summed E-state index contributed by atoms with van der Waals surface area (Å²) < 4.78 is 1.73. The maximum absolute atomic E-state index is 12.2. The van der Waals surface area contributed by atoms with Crippen LogP contribution in [0.3, 0.4) is 0 Å². The number of anilines is 1. The van der Waals surface area contributed by atoms with Gasteiger partial charge in [-0.25, -0.2) is 9.67 Å². The SMILES string of the molecule is CCc1cccc(NC(=O)CSc2ncnn2-c2ccccc2)c1. The van der Waals surface area contributed by atoms with Gasteiger partial charge in [0.05, 0.1) is 11.4 Å². The van der Waals surface area contributed by atoms with Gasteiger partial charge in [0.1, 0.15) is 6.33 Å². The van der Waals surface area contributed by atoms with E-state index >= 15 is 0 Å². The van der Waals surface area contributed by atoms with Crippen LogP contribution in [-0.4, -0.2) is 26.4 Å². The number of carbonyl (C=O) groups excluding carboxylic acids is 1. The Labute approximate surface area is 145 Å². The number of carbonyl (C=O) groups is 1. The zero-order chi connectivity index (χ0) is 16.8. The van der Waals surface area contributed by atoms with Gasteiger partial charge < -0.3 is 5.32 Å². The molecule has 122 valence electrons. The molecule has 0 bridgehead atoms. The zero-order valence-corrected chi connectivity index (χ0v) is 14.2. The summed E-state index contributed by atoms with van der Waals surface area (Å²) in [5.41, 5.74) is 2.95. The molecule has 0 fully saturated rings. The number of thioether (sulfide) groups is 1. The fourth-order valence-corrected chi connectivity index (χ4v) is 3.00. The lowest BCUT2D eigenvalue weighted by Crippen LogP contribution is -2.14. The van der Waals surface area contributed by atoms with E-state index in [0.717, 1.165) is 17.8 Å². The first-order valence-corrected chi connectivity index (χ1v) is 8.72. The highest BCUT2D eigenvalue weighted by Crippen LogP contribution is 2.19. The normalized spacial score (nSPS) is 10.5. The van der Waals surface area contributed by atoms with Crippen LogP contribution in [0.25, 0.3) is 5.69 Å². The average Bonchev–Trinajstić information content (AvgIpc) is 3.09. The lowest BCUT2D eigenvalue weighted by Gasteiger charge is -2.07. The average molecular weight is 338 g/mol. The quantitative estimate of drug-likeness (QED) is 0.698. The standard InChI is InChI=1S/C18H18N4OS/c1-2-14-7-6-8-15(11-14)21-17(23)12-24-18-19-13-20-22(18)16-9-4-3-5-10-16/h3-11,13H,2,12H2,1H3,(H,21,23). The number of para-hydroxylation sites is 1. The fraction of sp³-hybridized carbons (Fsp3) is 0.167. The molecule has 1 N–H and O–H groups in total. The maximum atomic E-state index is 12.2. The van der Waals surface area contributed by atoms with Crippen LogP contribution in [0.1, 0.15) is 12.5 Å². The predicted molar refractivity (Wildman–Crippen MR) is 96.5 cm³/mol. The molecule has 0 atom stereocenters. The summed E-state index contributed by atoms with van der Waals surface area (Å²) in [6.07, 6.45) is 2.44. The van der Waals surface area contributed by atoms with Gasteiger partial charge in [0.15, 0.2) is 5.16 Å². The molecule has 3 rings (SSSR count). The zero-order valence-electron chi connectivity index (χ0n) is 13.3. The number of hydrogen-bond donors (Lipinski definition) is 1. The van der Waals surface area contributed by atoms with Gasteiger partial charge in [0, 0.05) is 5.69 Å². The van der Waals surface area contributed by atoms with E-state index in [-0.39, 0.29) is 11.7 Å². The Morgan fingerprint density at radius 1 is 1.17 bits per heavy atom. The van der Waals surface area contributed by atoms with E-state index in [1.165, 1.54) is 23.7 Å². The molecule has 5 nitrogen and oxygen atoms in total. The van der Waals surface area contributed by atoms with Crippen molar-refractivity contribution >= 4 is 23.4 Å². The minimum absolute atomic E-state index is 0.0594. The Hall–Kier alpha value is -2.60. The number of rotatable bonds is 6. The molecular weight excluding hydrogens is 320 g/mol. The minimum atomic E-state index is -0.0594. The monoisotopic (exact) mass is 338 g/mol. The lowest BCUT2D eigenvalue weighted by atomic mass is 10.1. The second-order valence-electron chi connectivity index (χ2n) is 5.18. The van der Waals surface area contributed by atoms with E-state index in [2.05, 4.69) is 22.3 Å². The molecular formula is C18H18N4OS. The molecule has 1 aromatic heterocycles. The molecule has 24 heavy (non-hydrogen) atoms. The van der Waals surface area contributed by atoms with Crippen molar-refractivity contribution in [3.8, 4) is 5.69 Å². The summed E-state index contributed by atoms with van der Waals surface area (Å²) in [5, 5.41) is 7.84. The Morgan fingerprint density at radius 3 is 2.79 bits per heavy atom. The van der Waals surface area contributed by atoms with Gasteiger partial charge in [0.25, 0.3) is 0 Å². The lowest BCUT2D eigenvalue weighted by molar-refractivity contribution is -0.113. The summed E-state index contributed by atoms with van der Waals surface area (Å²) in [5.74, 6) is 0.220. The third-order valence-corrected chi connectivity index (χ3v) is 4.41. The number of benzene rings is 2. The molecule has 0 saturated carbocycles. The molecule has 0 spiro atoms. The summed E-state index contributed by atoms with van der Waals surface area (Å²) in [7, 11) is 0. The van der Waals surface area contributed by atoms with E-state index in [1.54, 1.807) is 4.68 Å². The third-order valence-electron chi connectivity index (χ3n) is 3.47. The summed E-state index contributed by atoms with van der Waals surface area (Å²) in [4.78, 5) is 16.4. The molecule has 2 aromatic carbocycles. The Kier molecular flexibility index (Phi) is 5.28. The van der Waals surface area contributed by atoms with Gasteiger partial charge in [-0.3, -0.25) is 4.79 Å². The molecule has 0 aliphatic rings. The van der Waals surface area contributed by atoms with Crippen molar-refractivity contribution in [2.75, 3.05) is 11.1 Å². The van der Waals surface area contributed by atoms with Crippen LogP contribution >= 0.6 is 11.8 Å². The maximum Gasteiger partial charge on any atom is 0.234 e. The first-order valence-electron chi connectivity index (χ1n) is 7.73. The number of hydrogen-bond acceptors (Lipinski definition) is 4. The van der Waals surface area contributed by atoms with Crippen LogP contribution in [0, 0.1) is 0 Å². The van der Waals surface area contributed by atoms with Crippen LogP contribution in [0.2, 0.25) is 0 Å². The molecule has 0 aliphatic carbocycles. The molecule has 0 unspecified atom stereocenters. The van der Waals surface area contributed by atoms with Gasteiger partial charge in [-0.1, -0.05) is 49.0 Å². The van der Waals surface area contributed by atoms with Crippen LogP contribution in [0.5, 0.6) is 0 Å². The molecule has 0 radical (unpaired) electrons. The number of nitrogens with zero attached hydrogens (tertiary/aromatic N) is 3. The van der Waals surface area contributed by atoms with E-state index in [1.807, 2.05) is 54.6 Å². The van der Waals surface area contributed by atoms with Crippen LogP contribution in [-0.2, 0) is 11.2 Å². The van der Waals surface area contributed by atoms with Crippen molar-refractivity contribution in [3.63, 3.8) is 0 Å². The van der Waals surface area contributed by atoms with E-state index < -0.39 is 0 Å². The minimum Gasteiger partial charge on any atom is -0.325 e. The predicted octanol–water partition coefficient (Wildman–Crippen LogP) is 3.56. The molecule has 6 heteroatoms. The van der Waals surface area contributed by atoms with E-state index in [9.17, 15) is 4.79 Å². The van der Waals surface area contributed by atoms with Crippen molar-refractivity contribution in [1.82, 2.24) is 14.8 Å². The number of aromatic nitrogens is 3. The topological polar surface area (TPSA) is 59.8 Å². The summed E-state index contributed by atoms with van der Waals surface area (Å²) in [6.45, 7) is 2.09. The fourth-order valence-electron chi connectivity index (χ4n) is 2.27. The first-order chi connectivity index (χ1) is 11.8. The highest BCUT2D eigenvalue weighted by molar-refractivity contribution is 7.99. The van der Waals surface area contributed by atoms with Gasteiger partial charge in [-0.15, -0.1) is 0 Å². The summed E-state index contributed by atoms with van der Waals surface area (Å²) >= 11 is 1.36. The van der Waals surface area contributed by atoms with Crippen molar-refractivity contribution in [2.45, 2.75) is 18.5 Å². The summed E-state index contributed by atoms with van der Waals surface area (Å²) in [6, 6.07) is 17.6. The molecule has 0 saturated heterocycles. The van der Waals surface area contributed by atoms with Gasteiger partial charge in [-0.05, 0) is 36.2 Å². The first kappa shape index (κ1) is 16.3.